The van der Waals surface area contributed by atoms with Crippen molar-refractivity contribution in [2.24, 2.45) is 0 Å². The van der Waals surface area contributed by atoms with Crippen LogP contribution in [0.15, 0.2) is 0 Å². The predicted octanol–water partition coefficient (Wildman–Crippen LogP) is -0.591. The molecule has 2 heterocycles. The van der Waals surface area contributed by atoms with Crippen molar-refractivity contribution in [3.8, 4) is 0 Å². The molecular weight excluding hydrogens is 246 g/mol. The molecule has 2 rings (SSSR count). The van der Waals surface area contributed by atoms with E-state index in [0.29, 0.717) is 12.6 Å². The molecule has 2 fully saturated rings. The number of hydrogen-bond acceptors (Lipinski definition) is 5. The molecule has 0 spiro atoms. The van der Waals surface area contributed by atoms with Crippen LogP contribution >= 0.6 is 0 Å². The molecule has 2 saturated heterocycles. The van der Waals surface area contributed by atoms with E-state index in [0.717, 1.165) is 52.4 Å². The Morgan fingerprint density at radius 1 is 1.21 bits per heavy atom. The van der Waals surface area contributed by atoms with Crippen LogP contribution in [0.2, 0.25) is 0 Å². The highest BCUT2D eigenvalue weighted by Crippen LogP contribution is 2.08. The second kappa shape index (κ2) is 7.19. The van der Waals surface area contributed by atoms with Crippen LogP contribution in [-0.2, 0) is 9.53 Å². The zero-order valence-corrected chi connectivity index (χ0v) is 11.8. The van der Waals surface area contributed by atoms with E-state index in [2.05, 4.69) is 21.7 Å². The molecule has 6 nitrogen and oxygen atoms in total. The topological polar surface area (TPSA) is 56.2 Å². The van der Waals surface area contributed by atoms with E-state index in [1.165, 1.54) is 0 Å². The van der Waals surface area contributed by atoms with Crippen LogP contribution in [0.3, 0.4) is 0 Å². The highest BCUT2D eigenvalue weighted by Gasteiger charge is 2.23. The van der Waals surface area contributed by atoms with Gasteiger partial charge in [-0.05, 0) is 7.05 Å². The van der Waals surface area contributed by atoms with Crippen LogP contribution < -0.4 is 0 Å². The fraction of sp³-hybridized carbons (Fsp3) is 0.923. The quantitative estimate of drug-likeness (QED) is 0.721. The van der Waals surface area contributed by atoms with Gasteiger partial charge in [-0.3, -0.25) is 9.69 Å². The lowest BCUT2D eigenvalue weighted by Crippen LogP contribution is -2.52. The number of rotatable bonds is 5. The van der Waals surface area contributed by atoms with Crippen LogP contribution in [-0.4, -0.2) is 97.9 Å². The first-order valence-electron chi connectivity index (χ1n) is 7.10. The summed E-state index contributed by atoms with van der Waals surface area (Å²) in [7, 11) is 2.14. The van der Waals surface area contributed by atoms with Crippen molar-refractivity contribution < 1.29 is 14.6 Å². The second-order valence-electron chi connectivity index (χ2n) is 5.54. The van der Waals surface area contributed by atoms with Gasteiger partial charge in [0.05, 0.1) is 19.1 Å². The standard InChI is InChI=1S/C13H25N3O3/c1-14-8-9-19-12(10-14)11-16-6-4-15(5-7-16)3-2-13(17)18/h12H,2-11H2,1H3,(H,17,18). The number of carboxylic acids is 1. The molecule has 0 amide bonds. The SMILES string of the molecule is CN1CCOC(CN2CCN(CCC(=O)O)CC2)C1. The van der Waals surface area contributed by atoms with Crippen LogP contribution in [0.4, 0.5) is 0 Å². The summed E-state index contributed by atoms with van der Waals surface area (Å²) in [6.07, 6.45) is 0.570. The smallest absolute Gasteiger partial charge is 0.304 e. The summed E-state index contributed by atoms with van der Waals surface area (Å²) < 4.78 is 5.78. The van der Waals surface area contributed by atoms with Crippen molar-refractivity contribution in [3.05, 3.63) is 0 Å². The van der Waals surface area contributed by atoms with Crippen LogP contribution in [0, 0.1) is 0 Å². The van der Waals surface area contributed by atoms with E-state index in [1.54, 1.807) is 0 Å². The van der Waals surface area contributed by atoms with Crippen molar-refractivity contribution in [2.45, 2.75) is 12.5 Å². The minimum Gasteiger partial charge on any atom is -0.481 e. The number of carbonyl (C=O) groups is 1. The fourth-order valence-corrected chi connectivity index (χ4v) is 2.71. The van der Waals surface area contributed by atoms with Crippen molar-refractivity contribution in [3.63, 3.8) is 0 Å². The van der Waals surface area contributed by atoms with Gasteiger partial charge >= 0.3 is 5.97 Å². The van der Waals surface area contributed by atoms with Crippen molar-refractivity contribution in [1.82, 2.24) is 14.7 Å². The lowest BCUT2D eigenvalue weighted by atomic mass is 10.2. The summed E-state index contributed by atoms with van der Waals surface area (Å²) in [5.41, 5.74) is 0. The zero-order chi connectivity index (χ0) is 13.7. The van der Waals surface area contributed by atoms with Gasteiger partial charge in [0.25, 0.3) is 0 Å². The molecule has 0 aromatic heterocycles. The Hall–Kier alpha value is -0.690. The number of likely N-dealkylation sites (N-methyl/N-ethyl adjacent to an activating group) is 1. The van der Waals surface area contributed by atoms with E-state index in [9.17, 15) is 4.79 Å². The largest absolute Gasteiger partial charge is 0.481 e. The Morgan fingerprint density at radius 2 is 1.89 bits per heavy atom. The minimum atomic E-state index is -0.707. The van der Waals surface area contributed by atoms with Crippen LogP contribution in [0.5, 0.6) is 0 Å². The Labute approximate surface area is 114 Å². The Morgan fingerprint density at radius 3 is 2.53 bits per heavy atom. The Balaban J connectivity index is 1.64. The highest BCUT2D eigenvalue weighted by atomic mass is 16.5. The number of nitrogens with zero attached hydrogens (tertiary/aromatic N) is 3. The minimum absolute atomic E-state index is 0.247. The number of hydrogen-bond donors (Lipinski definition) is 1. The molecule has 1 atom stereocenters. The van der Waals surface area contributed by atoms with E-state index in [-0.39, 0.29) is 6.42 Å². The van der Waals surface area contributed by atoms with Gasteiger partial charge in [-0.2, -0.15) is 0 Å². The van der Waals surface area contributed by atoms with Gasteiger partial charge in [0.1, 0.15) is 0 Å². The maximum atomic E-state index is 10.5. The van der Waals surface area contributed by atoms with Crippen molar-refractivity contribution in [1.29, 1.82) is 0 Å². The number of ether oxygens (including phenoxy) is 1. The summed E-state index contributed by atoms with van der Waals surface area (Å²) in [6, 6.07) is 0. The average molecular weight is 271 g/mol. The Bertz CT molecular complexity index is 293. The van der Waals surface area contributed by atoms with Crippen molar-refractivity contribution in [2.75, 3.05) is 66.0 Å². The third kappa shape index (κ3) is 5.06. The molecule has 19 heavy (non-hydrogen) atoms. The molecule has 1 unspecified atom stereocenters. The maximum Gasteiger partial charge on any atom is 0.304 e. The maximum absolute atomic E-state index is 10.5. The van der Waals surface area contributed by atoms with Gasteiger partial charge in [-0.15, -0.1) is 0 Å². The van der Waals surface area contributed by atoms with Crippen molar-refractivity contribution >= 4 is 5.97 Å². The van der Waals surface area contributed by atoms with Gasteiger partial charge in [0.2, 0.25) is 0 Å². The molecule has 0 saturated carbocycles. The molecular formula is C13H25N3O3. The first-order valence-corrected chi connectivity index (χ1v) is 7.10. The molecule has 0 aliphatic carbocycles. The molecule has 0 radical (unpaired) electrons. The normalized spacial score (nSPS) is 27.5. The second-order valence-corrected chi connectivity index (χ2v) is 5.54. The molecule has 2 aliphatic heterocycles. The first kappa shape index (κ1) is 14.7. The lowest BCUT2D eigenvalue weighted by molar-refractivity contribution is -0.137. The number of carboxylic acid groups (broad SMARTS) is 1. The van der Waals surface area contributed by atoms with E-state index in [1.807, 2.05) is 0 Å². The molecule has 1 N–H and O–H groups in total. The summed E-state index contributed by atoms with van der Waals surface area (Å²) in [6.45, 7) is 8.51. The number of morpholine rings is 1. The van der Waals surface area contributed by atoms with Gasteiger partial charge in [0, 0.05) is 52.4 Å². The summed E-state index contributed by atoms with van der Waals surface area (Å²) in [4.78, 5) is 17.5. The third-order valence-corrected chi connectivity index (χ3v) is 3.91. The first-order chi connectivity index (χ1) is 9.13. The highest BCUT2D eigenvalue weighted by molar-refractivity contribution is 5.66. The molecule has 0 bridgehead atoms. The van der Waals surface area contributed by atoms with E-state index in [4.69, 9.17) is 9.84 Å². The van der Waals surface area contributed by atoms with Gasteiger partial charge in [0.15, 0.2) is 0 Å². The molecule has 110 valence electrons. The van der Waals surface area contributed by atoms with Crippen LogP contribution in [0.1, 0.15) is 6.42 Å². The predicted molar refractivity (Wildman–Crippen MR) is 72.4 cm³/mol. The summed E-state index contributed by atoms with van der Waals surface area (Å²) in [5.74, 6) is -0.707. The number of aliphatic carboxylic acids is 1. The fourth-order valence-electron chi connectivity index (χ4n) is 2.71. The monoisotopic (exact) mass is 271 g/mol. The third-order valence-electron chi connectivity index (χ3n) is 3.91. The van der Waals surface area contributed by atoms with Gasteiger partial charge in [-0.1, -0.05) is 0 Å². The lowest BCUT2D eigenvalue weighted by Gasteiger charge is -2.38. The molecule has 6 heteroatoms. The van der Waals surface area contributed by atoms with Crippen LogP contribution in [0.25, 0.3) is 0 Å². The average Bonchev–Trinajstić information content (AvgIpc) is 2.38. The van der Waals surface area contributed by atoms with E-state index >= 15 is 0 Å². The molecule has 0 aromatic carbocycles. The van der Waals surface area contributed by atoms with E-state index < -0.39 is 5.97 Å². The Kier molecular flexibility index (Phi) is 5.57. The zero-order valence-electron chi connectivity index (χ0n) is 11.8. The summed E-state index contributed by atoms with van der Waals surface area (Å²) >= 11 is 0. The summed E-state index contributed by atoms with van der Waals surface area (Å²) in [5, 5.41) is 8.68. The molecule has 0 aromatic rings. The number of piperazine rings is 1. The van der Waals surface area contributed by atoms with Gasteiger partial charge < -0.3 is 19.6 Å². The molecule has 2 aliphatic rings. The van der Waals surface area contributed by atoms with Gasteiger partial charge in [-0.25, -0.2) is 0 Å².